The number of hydrogen-bond donors (Lipinski definition) is 1. The van der Waals surface area contributed by atoms with Crippen LogP contribution in [-0.2, 0) is 13.6 Å². The van der Waals surface area contributed by atoms with E-state index in [-0.39, 0.29) is 6.04 Å². The van der Waals surface area contributed by atoms with E-state index in [0.29, 0.717) is 5.88 Å². The molecule has 6 nitrogen and oxygen atoms in total. The minimum atomic E-state index is 0.139. The Morgan fingerprint density at radius 2 is 2.28 bits per heavy atom. The molecule has 18 heavy (non-hydrogen) atoms. The van der Waals surface area contributed by atoms with Gasteiger partial charge in [-0.15, -0.1) is 10.2 Å². The molecule has 6 heteroatoms. The van der Waals surface area contributed by atoms with E-state index < -0.39 is 0 Å². The van der Waals surface area contributed by atoms with Gasteiger partial charge in [-0.3, -0.25) is 0 Å². The summed E-state index contributed by atoms with van der Waals surface area (Å²) in [5.74, 6) is 1.54. The van der Waals surface area contributed by atoms with Crippen molar-refractivity contribution >= 4 is 0 Å². The predicted octanol–water partition coefficient (Wildman–Crippen LogP) is 1.07. The number of hydrogen-bond acceptors (Lipinski definition) is 5. The smallest absolute Gasteiger partial charge is 0.212 e. The summed E-state index contributed by atoms with van der Waals surface area (Å²) in [4.78, 5) is 4.16. The van der Waals surface area contributed by atoms with E-state index in [0.717, 1.165) is 17.9 Å². The largest absolute Gasteiger partial charge is 0.481 e. The number of aryl methyl sites for hydroxylation is 1. The number of nitrogens with zero attached hydrogens (tertiary/aromatic N) is 4. The Morgan fingerprint density at radius 1 is 1.44 bits per heavy atom. The van der Waals surface area contributed by atoms with E-state index in [1.165, 1.54) is 0 Å². The molecular formula is C12H17N5O. The first kappa shape index (κ1) is 12.5. The van der Waals surface area contributed by atoms with Crippen molar-refractivity contribution in [1.29, 1.82) is 0 Å². The second-order valence-electron chi connectivity index (χ2n) is 4.11. The molecular weight excluding hydrogens is 230 g/mol. The Kier molecular flexibility index (Phi) is 3.88. The number of ether oxygens (including phenoxy) is 1. The fourth-order valence-corrected chi connectivity index (χ4v) is 1.68. The minimum Gasteiger partial charge on any atom is -0.481 e. The number of pyridine rings is 1. The molecule has 0 aliphatic heterocycles. The minimum absolute atomic E-state index is 0.139. The summed E-state index contributed by atoms with van der Waals surface area (Å²) >= 11 is 0. The van der Waals surface area contributed by atoms with Gasteiger partial charge in [0.05, 0.1) is 13.2 Å². The molecule has 0 fully saturated rings. The quantitative estimate of drug-likeness (QED) is 0.856. The highest BCUT2D eigenvalue weighted by atomic mass is 16.5. The van der Waals surface area contributed by atoms with Crippen LogP contribution in [-0.4, -0.2) is 26.9 Å². The Balaban J connectivity index is 1.93. The van der Waals surface area contributed by atoms with Crippen LogP contribution < -0.4 is 10.1 Å². The molecule has 1 unspecified atom stereocenters. The van der Waals surface area contributed by atoms with Crippen LogP contribution in [0, 0.1) is 0 Å². The Bertz CT molecular complexity index is 493. The first-order chi connectivity index (χ1) is 8.70. The van der Waals surface area contributed by atoms with Gasteiger partial charge in [-0.2, -0.15) is 0 Å². The van der Waals surface area contributed by atoms with Crippen molar-refractivity contribution in [2.45, 2.75) is 19.5 Å². The van der Waals surface area contributed by atoms with E-state index in [9.17, 15) is 0 Å². The highest BCUT2D eigenvalue weighted by Crippen LogP contribution is 2.10. The fraction of sp³-hybridized carbons (Fsp3) is 0.417. The summed E-state index contributed by atoms with van der Waals surface area (Å²) in [5, 5.41) is 11.3. The van der Waals surface area contributed by atoms with Crippen molar-refractivity contribution in [2.24, 2.45) is 7.05 Å². The summed E-state index contributed by atoms with van der Waals surface area (Å²) in [6, 6.07) is 3.98. The lowest BCUT2D eigenvalue weighted by molar-refractivity contribution is 0.397. The summed E-state index contributed by atoms with van der Waals surface area (Å²) in [7, 11) is 3.54. The second-order valence-corrected chi connectivity index (χ2v) is 4.11. The highest BCUT2D eigenvalue weighted by Gasteiger charge is 2.10. The summed E-state index contributed by atoms with van der Waals surface area (Å²) in [6.07, 6.45) is 3.50. The molecule has 96 valence electrons. The molecule has 2 heterocycles. The van der Waals surface area contributed by atoms with E-state index in [1.807, 2.05) is 23.7 Å². The molecule has 0 saturated carbocycles. The van der Waals surface area contributed by atoms with Gasteiger partial charge in [0.2, 0.25) is 5.88 Å². The number of rotatable bonds is 5. The van der Waals surface area contributed by atoms with Crippen LogP contribution in [0.1, 0.15) is 24.4 Å². The zero-order valence-corrected chi connectivity index (χ0v) is 10.8. The van der Waals surface area contributed by atoms with Crippen molar-refractivity contribution in [2.75, 3.05) is 7.11 Å². The van der Waals surface area contributed by atoms with Crippen molar-refractivity contribution < 1.29 is 4.74 Å². The number of methoxy groups -OCH3 is 1. The summed E-state index contributed by atoms with van der Waals surface area (Å²) in [6.45, 7) is 2.78. The number of aromatic nitrogens is 4. The maximum Gasteiger partial charge on any atom is 0.212 e. The van der Waals surface area contributed by atoms with Crippen molar-refractivity contribution in [3.63, 3.8) is 0 Å². The molecule has 0 radical (unpaired) electrons. The Labute approximate surface area is 106 Å². The first-order valence-electron chi connectivity index (χ1n) is 5.77. The SMILES string of the molecule is COc1ccc(CNC(C)c2nncn2C)cn1. The predicted molar refractivity (Wildman–Crippen MR) is 67.0 cm³/mol. The third kappa shape index (κ3) is 2.84. The van der Waals surface area contributed by atoms with Gasteiger partial charge in [-0.25, -0.2) is 4.98 Å². The van der Waals surface area contributed by atoms with Gasteiger partial charge in [0, 0.05) is 25.9 Å². The monoisotopic (exact) mass is 247 g/mol. The molecule has 0 aliphatic carbocycles. The summed E-state index contributed by atoms with van der Waals surface area (Å²) in [5.41, 5.74) is 1.10. The van der Waals surface area contributed by atoms with Crippen LogP contribution in [0.3, 0.4) is 0 Å². The summed E-state index contributed by atoms with van der Waals surface area (Å²) < 4.78 is 6.92. The molecule has 0 aromatic carbocycles. The zero-order valence-electron chi connectivity index (χ0n) is 10.8. The van der Waals surface area contributed by atoms with Crippen molar-refractivity contribution in [3.8, 4) is 5.88 Å². The van der Waals surface area contributed by atoms with Gasteiger partial charge in [-0.1, -0.05) is 6.07 Å². The van der Waals surface area contributed by atoms with Crippen LogP contribution in [0.15, 0.2) is 24.7 Å². The molecule has 0 saturated heterocycles. The van der Waals surface area contributed by atoms with E-state index in [2.05, 4.69) is 27.4 Å². The van der Waals surface area contributed by atoms with Crippen LogP contribution in [0.4, 0.5) is 0 Å². The van der Waals surface area contributed by atoms with E-state index >= 15 is 0 Å². The third-order valence-corrected chi connectivity index (χ3v) is 2.75. The Hall–Kier alpha value is -1.95. The molecule has 0 spiro atoms. The average molecular weight is 247 g/mol. The highest BCUT2D eigenvalue weighted by molar-refractivity contribution is 5.17. The molecule has 1 N–H and O–H groups in total. The zero-order chi connectivity index (χ0) is 13.0. The van der Waals surface area contributed by atoms with Crippen molar-refractivity contribution in [3.05, 3.63) is 36.0 Å². The first-order valence-corrected chi connectivity index (χ1v) is 5.77. The molecule has 2 rings (SSSR count). The standard InChI is InChI=1S/C12H17N5O/c1-9(12-16-15-8-17(12)2)13-6-10-4-5-11(18-3)14-7-10/h4-5,7-9,13H,6H2,1-3H3. The van der Waals surface area contributed by atoms with Gasteiger partial charge < -0.3 is 14.6 Å². The van der Waals surface area contributed by atoms with E-state index in [1.54, 1.807) is 19.6 Å². The lowest BCUT2D eigenvalue weighted by Gasteiger charge is -2.12. The third-order valence-electron chi connectivity index (χ3n) is 2.75. The van der Waals surface area contributed by atoms with Gasteiger partial charge in [0.15, 0.2) is 0 Å². The number of nitrogens with one attached hydrogen (secondary N) is 1. The molecule has 2 aromatic rings. The normalized spacial score (nSPS) is 12.4. The van der Waals surface area contributed by atoms with Crippen LogP contribution >= 0.6 is 0 Å². The molecule has 0 bridgehead atoms. The maximum atomic E-state index is 5.02. The fourth-order valence-electron chi connectivity index (χ4n) is 1.68. The van der Waals surface area contributed by atoms with Crippen LogP contribution in [0.5, 0.6) is 5.88 Å². The molecule has 1 atom stereocenters. The van der Waals surface area contributed by atoms with Crippen LogP contribution in [0.25, 0.3) is 0 Å². The lowest BCUT2D eigenvalue weighted by atomic mass is 10.2. The molecule has 0 amide bonds. The lowest BCUT2D eigenvalue weighted by Crippen LogP contribution is -2.21. The van der Waals surface area contributed by atoms with E-state index in [4.69, 9.17) is 4.74 Å². The molecule has 0 aliphatic rings. The Morgan fingerprint density at radius 3 is 2.83 bits per heavy atom. The maximum absolute atomic E-state index is 5.02. The average Bonchev–Trinajstić information content (AvgIpc) is 2.83. The van der Waals surface area contributed by atoms with Gasteiger partial charge >= 0.3 is 0 Å². The molecule has 2 aromatic heterocycles. The second kappa shape index (κ2) is 5.59. The topological polar surface area (TPSA) is 64.9 Å². The van der Waals surface area contributed by atoms with Gasteiger partial charge in [-0.05, 0) is 12.5 Å². The van der Waals surface area contributed by atoms with Gasteiger partial charge in [0.25, 0.3) is 0 Å². The van der Waals surface area contributed by atoms with Crippen molar-refractivity contribution in [1.82, 2.24) is 25.1 Å². The van der Waals surface area contributed by atoms with Gasteiger partial charge in [0.1, 0.15) is 12.2 Å². The van der Waals surface area contributed by atoms with Crippen LogP contribution in [0.2, 0.25) is 0 Å².